The first-order valence-corrected chi connectivity index (χ1v) is 13.1. The molecule has 3 N–H and O–H groups in total. The van der Waals surface area contributed by atoms with Crippen LogP contribution in [0.15, 0.2) is 0 Å². The molecule has 0 radical (unpaired) electrons. The van der Waals surface area contributed by atoms with Gasteiger partial charge in [-0.25, -0.2) is 4.79 Å². The van der Waals surface area contributed by atoms with Gasteiger partial charge in [0.25, 0.3) is 0 Å². The third kappa shape index (κ3) is 10.6. The van der Waals surface area contributed by atoms with E-state index in [2.05, 4.69) is 0 Å². The summed E-state index contributed by atoms with van der Waals surface area (Å²) in [5, 5.41) is 10.9. The normalized spacial score (nSPS) is 31.4. The van der Waals surface area contributed by atoms with Crippen molar-refractivity contribution in [2.24, 2.45) is 5.73 Å². The maximum atomic E-state index is 12.1. The first-order valence-electron chi connectivity index (χ1n) is 13.1. The van der Waals surface area contributed by atoms with Crippen LogP contribution in [-0.4, -0.2) is 122 Å². The summed E-state index contributed by atoms with van der Waals surface area (Å²) >= 11 is 0. The van der Waals surface area contributed by atoms with Gasteiger partial charge < -0.3 is 58.2 Å². The molecule has 19 heteroatoms. The number of hydrogen-bond acceptors (Lipinski definition) is 18. The van der Waals surface area contributed by atoms with Crippen molar-refractivity contribution >= 4 is 41.9 Å². The molecule has 1 unspecified atom stereocenters. The van der Waals surface area contributed by atoms with Gasteiger partial charge in [0.05, 0.1) is 0 Å². The van der Waals surface area contributed by atoms with Gasteiger partial charge >= 0.3 is 41.9 Å². The van der Waals surface area contributed by atoms with Gasteiger partial charge in [-0.05, 0) is 0 Å². The number of carbonyl (C=O) groups is 7. The van der Waals surface area contributed by atoms with E-state index in [1.54, 1.807) is 0 Å². The average Bonchev–Trinajstić information content (AvgIpc) is 2.87. The molecule has 2 fully saturated rings. The van der Waals surface area contributed by atoms with Crippen LogP contribution in [0.4, 0.5) is 4.79 Å². The van der Waals surface area contributed by atoms with Crippen LogP contribution in [0.25, 0.3) is 0 Å². The summed E-state index contributed by atoms with van der Waals surface area (Å²) in [6.07, 6.45) is -18.2. The van der Waals surface area contributed by atoms with Crippen molar-refractivity contribution in [2.45, 2.75) is 103 Å². The van der Waals surface area contributed by atoms with Gasteiger partial charge in [0, 0.05) is 41.5 Å². The highest BCUT2D eigenvalue weighted by Crippen LogP contribution is 2.34. The van der Waals surface area contributed by atoms with Gasteiger partial charge in [0.15, 0.2) is 49.2 Å². The summed E-state index contributed by atoms with van der Waals surface area (Å²) in [5.74, 6) is -5.21. The molecule has 0 aromatic rings. The number of hydrogen-bond donors (Lipinski definition) is 2. The number of aliphatic hydroxyl groups is 1. The van der Waals surface area contributed by atoms with Crippen molar-refractivity contribution < 1.29 is 86.0 Å². The molecule has 0 bridgehead atoms. The lowest BCUT2D eigenvalue weighted by Crippen LogP contribution is -2.67. The van der Waals surface area contributed by atoms with Crippen molar-refractivity contribution in [3.8, 4) is 0 Å². The minimum atomic E-state index is -2.01. The third-order valence-corrected chi connectivity index (χ3v) is 5.85. The zero-order chi connectivity index (χ0) is 33.3. The molecule has 2 aliphatic rings. The minimum Gasteiger partial charge on any atom is -0.463 e. The largest absolute Gasteiger partial charge is 0.463 e. The molecular formula is C25H35NO18. The summed E-state index contributed by atoms with van der Waals surface area (Å²) in [6, 6.07) is 0. The predicted octanol–water partition coefficient (Wildman–Crippen LogP) is -1.87. The molecule has 0 spiro atoms. The van der Waals surface area contributed by atoms with E-state index in [-0.39, 0.29) is 0 Å². The maximum absolute atomic E-state index is 12.1. The summed E-state index contributed by atoms with van der Waals surface area (Å²) in [6.45, 7) is 5.00. The van der Waals surface area contributed by atoms with Crippen molar-refractivity contribution in [1.29, 1.82) is 0 Å². The van der Waals surface area contributed by atoms with Gasteiger partial charge in [-0.2, -0.15) is 0 Å². The predicted molar refractivity (Wildman–Crippen MR) is 134 cm³/mol. The Kier molecular flexibility index (Phi) is 13.2. The number of aliphatic hydroxyl groups excluding tert-OH is 1. The summed E-state index contributed by atoms with van der Waals surface area (Å²) in [4.78, 5) is 82.9. The van der Waals surface area contributed by atoms with E-state index in [4.69, 9.17) is 53.1 Å². The lowest BCUT2D eigenvalue weighted by molar-refractivity contribution is -0.362. The molecule has 0 aliphatic carbocycles. The van der Waals surface area contributed by atoms with Gasteiger partial charge in [-0.15, -0.1) is 0 Å². The quantitative estimate of drug-likeness (QED) is 0.186. The number of nitrogens with two attached hydrogens (primary N) is 1. The van der Waals surface area contributed by atoms with Crippen molar-refractivity contribution in [2.75, 3.05) is 13.2 Å². The van der Waals surface area contributed by atoms with E-state index < -0.39 is 117 Å². The average molecular weight is 638 g/mol. The first-order chi connectivity index (χ1) is 20.5. The minimum absolute atomic E-state index is 0.548. The monoisotopic (exact) mass is 637 g/mol. The van der Waals surface area contributed by atoms with Crippen molar-refractivity contribution in [3.63, 3.8) is 0 Å². The smallest absolute Gasteiger partial charge is 0.405 e. The molecule has 19 nitrogen and oxygen atoms in total. The highest BCUT2D eigenvalue weighted by atomic mass is 16.8. The zero-order valence-electron chi connectivity index (χ0n) is 24.7. The maximum Gasteiger partial charge on any atom is 0.405 e. The third-order valence-electron chi connectivity index (χ3n) is 5.85. The Morgan fingerprint density at radius 3 is 1.34 bits per heavy atom. The van der Waals surface area contributed by atoms with Crippen LogP contribution in [0.5, 0.6) is 0 Å². The number of rotatable bonds is 11. The number of amides is 1. The molecule has 2 rings (SSSR count). The topological polar surface area (TPSA) is 258 Å². The summed E-state index contributed by atoms with van der Waals surface area (Å²) in [5.41, 5.74) is 5.22. The van der Waals surface area contributed by atoms with E-state index in [0.717, 1.165) is 41.5 Å². The van der Waals surface area contributed by atoms with Crippen LogP contribution in [0.2, 0.25) is 0 Å². The lowest BCUT2D eigenvalue weighted by Gasteiger charge is -2.47. The van der Waals surface area contributed by atoms with Crippen LogP contribution in [-0.2, 0) is 76.1 Å². The van der Waals surface area contributed by atoms with Gasteiger partial charge in [-0.3, -0.25) is 28.8 Å². The molecule has 0 aromatic carbocycles. The van der Waals surface area contributed by atoms with Crippen LogP contribution >= 0.6 is 0 Å². The molecule has 248 valence electrons. The number of esters is 6. The van der Waals surface area contributed by atoms with E-state index >= 15 is 0 Å². The van der Waals surface area contributed by atoms with Crippen LogP contribution in [0.1, 0.15) is 41.5 Å². The van der Waals surface area contributed by atoms with Crippen molar-refractivity contribution in [1.82, 2.24) is 0 Å². The molecule has 0 aromatic heterocycles. The van der Waals surface area contributed by atoms with Gasteiger partial charge in [-0.1, -0.05) is 0 Å². The number of carbonyl (C=O) groups excluding carboxylic acids is 7. The van der Waals surface area contributed by atoms with E-state index in [0.29, 0.717) is 0 Å². The van der Waals surface area contributed by atoms with Crippen LogP contribution < -0.4 is 5.73 Å². The zero-order valence-corrected chi connectivity index (χ0v) is 24.7. The molecule has 10 atom stereocenters. The second-order valence-electron chi connectivity index (χ2n) is 9.51. The Morgan fingerprint density at radius 2 is 0.932 bits per heavy atom. The molecule has 2 aliphatic heterocycles. The van der Waals surface area contributed by atoms with E-state index in [1.165, 1.54) is 0 Å². The Morgan fingerprint density at radius 1 is 0.545 bits per heavy atom. The fourth-order valence-electron chi connectivity index (χ4n) is 4.43. The lowest BCUT2D eigenvalue weighted by atomic mass is 9.96. The molecule has 44 heavy (non-hydrogen) atoms. The molecule has 0 saturated carbocycles. The Hall–Kier alpha value is -4.07. The molecule has 2 saturated heterocycles. The number of primary amides is 1. The first kappa shape index (κ1) is 36.1. The second-order valence-corrected chi connectivity index (χ2v) is 9.51. The highest BCUT2D eigenvalue weighted by molar-refractivity contribution is 5.69. The Bertz CT molecular complexity index is 1090. The fourth-order valence-corrected chi connectivity index (χ4v) is 4.43. The van der Waals surface area contributed by atoms with Crippen LogP contribution in [0, 0.1) is 0 Å². The molecular weight excluding hydrogens is 602 g/mol. The molecule has 1 amide bonds. The Labute approximate surface area is 250 Å². The summed E-state index contributed by atoms with van der Waals surface area (Å²) in [7, 11) is 0. The van der Waals surface area contributed by atoms with Gasteiger partial charge in [0.2, 0.25) is 0 Å². The van der Waals surface area contributed by atoms with E-state index in [9.17, 15) is 38.7 Å². The fraction of sp³-hybridized carbons (Fsp3) is 0.720. The standard InChI is InChI=1S/C25H35NO18/c1-9(27)35-7-15-17(37-11(3)29)19(39-13(5)31)21(23(33)41-15)43-24-22(40-14(6)32)20(44-25(26)34)18(38-12(4)30)16(42-24)8-36-10(2)28/h15-24,33H,7-8H2,1-6H3,(H2,26,34)/t15-,16+,17+,18+,19-,20-,21-,22-,23?,24+/m0/s1. The highest BCUT2D eigenvalue weighted by Gasteiger charge is 2.57. The van der Waals surface area contributed by atoms with Crippen LogP contribution in [0.3, 0.4) is 0 Å². The Balaban J connectivity index is 2.59. The second kappa shape index (κ2) is 16.1. The van der Waals surface area contributed by atoms with E-state index in [1.807, 2.05) is 0 Å². The molecule has 2 heterocycles. The SMILES string of the molecule is CC(=O)OC[C@@H]1OC(O)[C@@H](O[C@H]2O[C@H](COC(C)=O)[C@@H](OC(C)=O)[C@H](OC(N)=O)[C@@H]2OC(C)=O)[C@@H](OC(C)=O)[C@@H]1OC(C)=O. The number of ether oxygens (including phenoxy) is 10. The van der Waals surface area contributed by atoms with Gasteiger partial charge in [0.1, 0.15) is 25.4 Å². The summed E-state index contributed by atoms with van der Waals surface area (Å²) < 4.78 is 53.4. The van der Waals surface area contributed by atoms with Crippen molar-refractivity contribution in [3.05, 3.63) is 0 Å².